The lowest BCUT2D eigenvalue weighted by Gasteiger charge is -2.15. The lowest BCUT2D eigenvalue weighted by Crippen LogP contribution is -2.12. The zero-order valence-corrected chi connectivity index (χ0v) is 10.9. The Morgan fingerprint density at radius 1 is 1.22 bits per heavy atom. The van der Waals surface area contributed by atoms with E-state index < -0.39 is 0 Å². The van der Waals surface area contributed by atoms with Crippen molar-refractivity contribution in [3.05, 3.63) is 46.9 Å². The second-order valence-corrected chi connectivity index (χ2v) is 4.17. The third-order valence-electron chi connectivity index (χ3n) is 2.74. The van der Waals surface area contributed by atoms with Gasteiger partial charge < -0.3 is 19.6 Å². The molecule has 0 fully saturated rings. The van der Waals surface area contributed by atoms with Gasteiger partial charge in [0.2, 0.25) is 0 Å². The average Bonchev–Trinajstić information content (AvgIpc) is 2.91. The fourth-order valence-electron chi connectivity index (χ4n) is 1.74. The molecule has 2 N–H and O–H groups in total. The molecule has 96 valence electrons. The Labute approximate surface area is 110 Å². The minimum absolute atomic E-state index is 0.365. The highest BCUT2D eigenvalue weighted by Gasteiger charge is 2.17. The molecule has 0 radical (unpaired) electrons. The molecule has 1 aromatic carbocycles. The number of rotatable bonds is 4. The SMILES string of the molecule is COc1cc(Cl)c(C(N)c2ccoc2)cc1OC. The molecule has 0 aliphatic heterocycles. The van der Waals surface area contributed by atoms with E-state index in [4.69, 9.17) is 31.2 Å². The van der Waals surface area contributed by atoms with Gasteiger partial charge in [0.05, 0.1) is 32.8 Å². The predicted molar refractivity (Wildman–Crippen MR) is 69.3 cm³/mol. The quantitative estimate of drug-likeness (QED) is 0.925. The topological polar surface area (TPSA) is 57.6 Å². The van der Waals surface area contributed by atoms with Crippen molar-refractivity contribution in [2.24, 2.45) is 5.73 Å². The molecule has 2 rings (SSSR count). The van der Waals surface area contributed by atoms with Crippen molar-refractivity contribution in [2.45, 2.75) is 6.04 Å². The minimum atomic E-state index is -0.365. The molecule has 2 aromatic rings. The molecule has 1 heterocycles. The predicted octanol–water partition coefficient (Wildman–Crippen LogP) is 3.00. The zero-order valence-electron chi connectivity index (χ0n) is 10.1. The summed E-state index contributed by atoms with van der Waals surface area (Å²) in [6, 6.07) is 4.91. The molecule has 18 heavy (non-hydrogen) atoms. The Bertz CT molecular complexity index is 525. The lowest BCUT2D eigenvalue weighted by atomic mass is 10.0. The van der Waals surface area contributed by atoms with Crippen LogP contribution in [0.25, 0.3) is 0 Å². The first-order valence-electron chi connectivity index (χ1n) is 5.36. The lowest BCUT2D eigenvalue weighted by molar-refractivity contribution is 0.354. The summed E-state index contributed by atoms with van der Waals surface area (Å²) in [5.74, 6) is 1.17. The van der Waals surface area contributed by atoms with Gasteiger partial charge in [-0.2, -0.15) is 0 Å². The van der Waals surface area contributed by atoms with Gasteiger partial charge in [-0.1, -0.05) is 11.6 Å². The van der Waals surface area contributed by atoms with Gasteiger partial charge in [-0.3, -0.25) is 0 Å². The highest BCUT2D eigenvalue weighted by atomic mass is 35.5. The van der Waals surface area contributed by atoms with E-state index in [1.165, 1.54) is 0 Å². The standard InChI is InChI=1S/C13H14ClNO3/c1-16-11-5-9(10(14)6-12(11)17-2)13(15)8-3-4-18-7-8/h3-7,13H,15H2,1-2H3. The van der Waals surface area contributed by atoms with Crippen LogP contribution in [0.1, 0.15) is 17.2 Å². The van der Waals surface area contributed by atoms with Gasteiger partial charge in [0.25, 0.3) is 0 Å². The molecule has 5 heteroatoms. The largest absolute Gasteiger partial charge is 0.493 e. The zero-order chi connectivity index (χ0) is 13.1. The summed E-state index contributed by atoms with van der Waals surface area (Å²) >= 11 is 6.20. The van der Waals surface area contributed by atoms with Gasteiger partial charge in [-0.15, -0.1) is 0 Å². The van der Waals surface area contributed by atoms with E-state index >= 15 is 0 Å². The maximum Gasteiger partial charge on any atom is 0.162 e. The molecular weight excluding hydrogens is 254 g/mol. The number of methoxy groups -OCH3 is 2. The molecular formula is C13H14ClNO3. The maximum atomic E-state index is 6.20. The number of benzene rings is 1. The van der Waals surface area contributed by atoms with Gasteiger partial charge in [0.1, 0.15) is 0 Å². The van der Waals surface area contributed by atoms with Crippen LogP contribution in [-0.2, 0) is 0 Å². The van der Waals surface area contributed by atoms with Gasteiger partial charge in [-0.05, 0) is 17.7 Å². The van der Waals surface area contributed by atoms with E-state index in [2.05, 4.69) is 0 Å². The van der Waals surface area contributed by atoms with Crippen molar-refractivity contribution < 1.29 is 13.9 Å². The summed E-state index contributed by atoms with van der Waals surface area (Å²) in [7, 11) is 3.13. The normalized spacial score (nSPS) is 12.2. The summed E-state index contributed by atoms with van der Waals surface area (Å²) in [5, 5.41) is 0.529. The first-order chi connectivity index (χ1) is 8.67. The molecule has 1 aromatic heterocycles. The maximum absolute atomic E-state index is 6.20. The van der Waals surface area contributed by atoms with Gasteiger partial charge in [0.15, 0.2) is 11.5 Å². The van der Waals surface area contributed by atoms with Crippen molar-refractivity contribution in [3.63, 3.8) is 0 Å². The Balaban J connectivity index is 2.45. The second kappa shape index (κ2) is 5.33. The van der Waals surface area contributed by atoms with Crippen LogP contribution >= 0.6 is 11.6 Å². The molecule has 4 nitrogen and oxygen atoms in total. The number of halogens is 1. The first-order valence-corrected chi connectivity index (χ1v) is 5.74. The Morgan fingerprint density at radius 3 is 2.44 bits per heavy atom. The van der Waals surface area contributed by atoms with Gasteiger partial charge in [-0.25, -0.2) is 0 Å². The van der Waals surface area contributed by atoms with E-state index in [1.807, 2.05) is 0 Å². The number of ether oxygens (including phenoxy) is 2. The van der Waals surface area contributed by atoms with Crippen LogP contribution in [0.4, 0.5) is 0 Å². The smallest absolute Gasteiger partial charge is 0.162 e. The highest BCUT2D eigenvalue weighted by Crippen LogP contribution is 2.36. The van der Waals surface area contributed by atoms with E-state index in [0.29, 0.717) is 16.5 Å². The van der Waals surface area contributed by atoms with Gasteiger partial charge >= 0.3 is 0 Å². The Kier molecular flexibility index (Phi) is 3.79. The van der Waals surface area contributed by atoms with Crippen molar-refractivity contribution in [1.82, 2.24) is 0 Å². The Morgan fingerprint density at radius 2 is 1.89 bits per heavy atom. The monoisotopic (exact) mass is 267 g/mol. The van der Waals surface area contributed by atoms with Crippen LogP contribution in [0.2, 0.25) is 5.02 Å². The van der Waals surface area contributed by atoms with Crippen LogP contribution in [-0.4, -0.2) is 14.2 Å². The first kappa shape index (κ1) is 12.8. The van der Waals surface area contributed by atoms with Crippen LogP contribution in [0.15, 0.2) is 35.1 Å². The molecule has 0 saturated carbocycles. The summed E-state index contributed by atoms with van der Waals surface area (Å²) in [6.07, 6.45) is 3.17. The molecule has 0 aliphatic rings. The van der Waals surface area contributed by atoms with Gasteiger partial charge in [0, 0.05) is 16.7 Å². The van der Waals surface area contributed by atoms with Crippen LogP contribution < -0.4 is 15.2 Å². The second-order valence-electron chi connectivity index (χ2n) is 3.76. The molecule has 0 aliphatic carbocycles. The molecule has 0 saturated heterocycles. The van der Waals surface area contributed by atoms with Crippen LogP contribution in [0.3, 0.4) is 0 Å². The molecule has 1 atom stereocenters. The van der Waals surface area contributed by atoms with Crippen molar-refractivity contribution in [3.8, 4) is 11.5 Å². The molecule has 0 spiro atoms. The average molecular weight is 268 g/mol. The Hall–Kier alpha value is -1.65. The minimum Gasteiger partial charge on any atom is -0.493 e. The summed E-state index contributed by atoms with van der Waals surface area (Å²) < 4.78 is 15.4. The molecule has 1 unspecified atom stereocenters. The van der Waals surface area contributed by atoms with Crippen molar-refractivity contribution >= 4 is 11.6 Å². The van der Waals surface area contributed by atoms with Crippen LogP contribution in [0, 0.1) is 0 Å². The number of furan rings is 1. The highest BCUT2D eigenvalue weighted by molar-refractivity contribution is 6.31. The van der Waals surface area contributed by atoms with E-state index in [-0.39, 0.29) is 6.04 Å². The summed E-state index contributed by atoms with van der Waals surface area (Å²) in [6.45, 7) is 0. The fraction of sp³-hybridized carbons (Fsp3) is 0.231. The third-order valence-corrected chi connectivity index (χ3v) is 3.07. The van der Waals surface area contributed by atoms with Crippen molar-refractivity contribution in [2.75, 3.05) is 14.2 Å². The molecule has 0 amide bonds. The number of nitrogens with two attached hydrogens (primary N) is 1. The third kappa shape index (κ3) is 2.30. The van der Waals surface area contributed by atoms with E-state index in [9.17, 15) is 0 Å². The summed E-state index contributed by atoms with van der Waals surface area (Å²) in [5.41, 5.74) is 7.75. The van der Waals surface area contributed by atoms with Crippen molar-refractivity contribution in [1.29, 1.82) is 0 Å². The number of hydrogen-bond acceptors (Lipinski definition) is 4. The molecule has 0 bridgehead atoms. The van der Waals surface area contributed by atoms with Crippen LogP contribution in [0.5, 0.6) is 11.5 Å². The van der Waals surface area contributed by atoms with E-state index in [0.717, 1.165) is 11.1 Å². The number of hydrogen-bond donors (Lipinski definition) is 1. The van der Waals surface area contributed by atoms with E-state index in [1.54, 1.807) is 44.9 Å². The summed E-state index contributed by atoms with van der Waals surface area (Å²) in [4.78, 5) is 0. The fourth-order valence-corrected chi connectivity index (χ4v) is 2.01.